The standard InChI is InChI=1S/C17H33N3O/c1-15(7-5-9-17(3,4)21)8-11-18-10-6-13-20-14-12-19-16(20)2/h12,14-15,18,21H,5-11,13H2,1-4H3/t15-/m0/s1. The molecule has 1 aromatic rings. The van der Waals surface area contributed by atoms with E-state index in [2.05, 4.69) is 21.8 Å². The Morgan fingerprint density at radius 1 is 1.29 bits per heavy atom. The molecule has 0 aliphatic heterocycles. The molecular formula is C17H33N3O. The van der Waals surface area contributed by atoms with Crippen LogP contribution in [-0.2, 0) is 6.54 Å². The van der Waals surface area contributed by atoms with Crippen LogP contribution in [0, 0.1) is 12.8 Å². The highest BCUT2D eigenvalue weighted by Crippen LogP contribution is 2.17. The van der Waals surface area contributed by atoms with E-state index < -0.39 is 5.60 Å². The molecule has 0 fully saturated rings. The molecule has 0 amide bonds. The van der Waals surface area contributed by atoms with Gasteiger partial charge in [0.05, 0.1) is 5.60 Å². The molecule has 1 heterocycles. The van der Waals surface area contributed by atoms with Crippen LogP contribution in [0.3, 0.4) is 0 Å². The summed E-state index contributed by atoms with van der Waals surface area (Å²) in [4.78, 5) is 4.23. The van der Waals surface area contributed by atoms with Crippen molar-refractivity contribution < 1.29 is 5.11 Å². The average molecular weight is 295 g/mol. The summed E-state index contributed by atoms with van der Waals surface area (Å²) in [5.41, 5.74) is -0.510. The van der Waals surface area contributed by atoms with E-state index in [4.69, 9.17) is 0 Å². The van der Waals surface area contributed by atoms with Gasteiger partial charge in [-0.05, 0) is 59.0 Å². The Kier molecular flexibility index (Phi) is 7.97. The first-order valence-corrected chi connectivity index (χ1v) is 8.29. The lowest BCUT2D eigenvalue weighted by Crippen LogP contribution is -2.21. The van der Waals surface area contributed by atoms with Crippen LogP contribution in [0.15, 0.2) is 12.4 Å². The summed E-state index contributed by atoms with van der Waals surface area (Å²) in [7, 11) is 0. The summed E-state index contributed by atoms with van der Waals surface area (Å²) < 4.78 is 2.20. The van der Waals surface area contributed by atoms with Gasteiger partial charge < -0.3 is 15.0 Å². The van der Waals surface area contributed by atoms with Crippen molar-refractivity contribution in [1.29, 1.82) is 0 Å². The van der Waals surface area contributed by atoms with Crippen molar-refractivity contribution in [1.82, 2.24) is 14.9 Å². The van der Waals surface area contributed by atoms with Gasteiger partial charge in [0.15, 0.2) is 0 Å². The third-order valence-electron chi connectivity index (χ3n) is 3.98. The first kappa shape index (κ1) is 18.2. The van der Waals surface area contributed by atoms with Crippen molar-refractivity contribution in [3.05, 3.63) is 18.2 Å². The summed E-state index contributed by atoms with van der Waals surface area (Å²) >= 11 is 0. The Labute approximate surface area is 130 Å². The zero-order valence-corrected chi connectivity index (χ0v) is 14.2. The van der Waals surface area contributed by atoms with Crippen LogP contribution in [0.5, 0.6) is 0 Å². The van der Waals surface area contributed by atoms with Crippen molar-refractivity contribution in [3.63, 3.8) is 0 Å². The zero-order chi connectivity index (χ0) is 15.7. The van der Waals surface area contributed by atoms with Gasteiger partial charge in [-0.25, -0.2) is 4.98 Å². The Morgan fingerprint density at radius 3 is 2.67 bits per heavy atom. The van der Waals surface area contributed by atoms with E-state index >= 15 is 0 Å². The molecule has 4 heteroatoms. The van der Waals surface area contributed by atoms with Gasteiger partial charge in [-0.15, -0.1) is 0 Å². The van der Waals surface area contributed by atoms with Crippen LogP contribution in [-0.4, -0.2) is 33.3 Å². The number of nitrogens with zero attached hydrogens (tertiary/aromatic N) is 2. The van der Waals surface area contributed by atoms with Crippen LogP contribution < -0.4 is 5.32 Å². The number of hydrogen-bond donors (Lipinski definition) is 2. The van der Waals surface area contributed by atoms with E-state index in [-0.39, 0.29) is 0 Å². The normalized spacial score (nSPS) is 13.6. The molecule has 0 saturated heterocycles. The monoisotopic (exact) mass is 295 g/mol. The number of hydrogen-bond acceptors (Lipinski definition) is 3. The predicted octanol–water partition coefficient (Wildman–Crippen LogP) is 3.14. The average Bonchev–Trinajstić information content (AvgIpc) is 2.78. The number of imidazole rings is 1. The third-order valence-corrected chi connectivity index (χ3v) is 3.98. The molecule has 1 atom stereocenters. The van der Waals surface area contributed by atoms with Crippen molar-refractivity contribution in [2.45, 2.75) is 71.9 Å². The SMILES string of the molecule is Cc1nccn1CCCNCC[C@@H](C)CCCC(C)(C)O. The van der Waals surface area contributed by atoms with Crippen molar-refractivity contribution in [2.75, 3.05) is 13.1 Å². The molecular weight excluding hydrogens is 262 g/mol. The smallest absolute Gasteiger partial charge is 0.105 e. The lowest BCUT2D eigenvalue weighted by atomic mass is 9.95. The maximum absolute atomic E-state index is 9.68. The van der Waals surface area contributed by atoms with Crippen LogP contribution in [0.1, 0.15) is 58.7 Å². The van der Waals surface area contributed by atoms with E-state index in [0.29, 0.717) is 0 Å². The molecule has 0 unspecified atom stereocenters. The number of rotatable bonds is 11. The van der Waals surface area contributed by atoms with Crippen molar-refractivity contribution >= 4 is 0 Å². The molecule has 0 aliphatic carbocycles. The zero-order valence-electron chi connectivity index (χ0n) is 14.2. The molecule has 0 spiro atoms. The van der Waals surface area contributed by atoms with Crippen LogP contribution in [0.4, 0.5) is 0 Å². The highest BCUT2D eigenvalue weighted by atomic mass is 16.3. The van der Waals surface area contributed by atoms with E-state index in [0.717, 1.165) is 50.6 Å². The molecule has 1 rings (SSSR count). The maximum atomic E-state index is 9.68. The van der Waals surface area contributed by atoms with E-state index in [9.17, 15) is 5.11 Å². The van der Waals surface area contributed by atoms with Crippen LogP contribution >= 0.6 is 0 Å². The highest BCUT2D eigenvalue weighted by Gasteiger charge is 2.12. The van der Waals surface area contributed by atoms with Gasteiger partial charge in [0.2, 0.25) is 0 Å². The van der Waals surface area contributed by atoms with Gasteiger partial charge in [-0.3, -0.25) is 0 Å². The fourth-order valence-electron chi connectivity index (χ4n) is 2.52. The number of nitrogens with one attached hydrogen (secondary N) is 1. The Morgan fingerprint density at radius 2 is 2.05 bits per heavy atom. The van der Waals surface area contributed by atoms with Crippen molar-refractivity contribution in [3.8, 4) is 0 Å². The van der Waals surface area contributed by atoms with Gasteiger partial charge >= 0.3 is 0 Å². The molecule has 4 nitrogen and oxygen atoms in total. The Hall–Kier alpha value is -0.870. The number of aromatic nitrogens is 2. The minimum absolute atomic E-state index is 0.510. The molecule has 1 aromatic heterocycles. The fourth-order valence-corrected chi connectivity index (χ4v) is 2.52. The quantitative estimate of drug-likeness (QED) is 0.617. The topological polar surface area (TPSA) is 50.1 Å². The van der Waals surface area contributed by atoms with E-state index in [1.165, 1.54) is 12.8 Å². The lowest BCUT2D eigenvalue weighted by molar-refractivity contribution is 0.0669. The highest BCUT2D eigenvalue weighted by molar-refractivity contribution is 4.88. The molecule has 2 N–H and O–H groups in total. The molecule has 0 bridgehead atoms. The Bertz CT molecular complexity index is 382. The summed E-state index contributed by atoms with van der Waals surface area (Å²) in [6.45, 7) is 11.3. The fraction of sp³-hybridized carbons (Fsp3) is 0.824. The largest absolute Gasteiger partial charge is 0.390 e. The summed E-state index contributed by atoms with van der Waals surface area (Å²) in [6, 6.07) is 0. The second-order valence-corrected chi connectivity index (χ2v) is 6.87. The number of aryl methyl sites for hydroxylation is 2. The minimum atomic E-state index is -0.510. The minimum Gasteiger partial charge on any atom is -0.390 e. The first-order chi connectivity index (χ1) is 9.88. The van der Waals surface area contributed by atoms with Gasteiger partial charge in [0.25, 0.3) is 0 Å². The molecule has 0 aromatic carbocycles. The molecule has 122 valence electrons. The third kappa shape index (κ3) is 8.89. The number of aliphatic hydroxyl groups is 1. The maximum Gasteiger partial charge on any atom is 0.105 e. The van der Waals surface area contributed by atoms with Gasteiger partial charge in [-0.2, -0.15) is 0 Å². The molecule has 0 aliphatic rings. The molecule has 0 saturated carbocycles. The van der Waals surface area contributed by atoms with Gasteiger partial charge in [0, 0.05) is 18.9 Å². The van der Waals surface area contributed by atoms with E-state index in [1.54, 1.807) is 0 Å². The summed E-state index contributed by atoms with van der Waals surface area (Å²) in [6.07, 6.45) is 9.48. The second-order valence-electron chi connectivity index (χ2n) is 6.87. The Balaban J connectivity index is 1.95. The van der Waals surface area contributed by atoms with Crippen LogP contribution in [0.25, 0.3) is 0 Å². The van der Waals surface area contributed by atoms with E-state index in [1.807, 2.05) is 33.2 Å². The lowest BCUT2D eigenvalue weighted by Gasteiger charge is -2.18. The van der Waals surface area contributed by atoms with Gasteiger partial charge in [0.1, 0.15) is 5.82 Å². The first-order valence-electron chi connectivity index (χ1n) is 8.29. The molecule has 0 radical (unpaired) electrons. The second kappa shape index (κ2) is 9.21. The van der Waals surface area contributed by atoms with Gasteiger partial charge in [-0.1, -0.05) is 19.8 Å². The predicted molar refractivity (Wildman–Crippen MR) is 88.4 cm³/mol. The summed E-state index contributed by atoms with van der Waals surface area (Å²) in [5.74, 6) is 1.83. The van der Waals surface area contributed by atoms with Crippen LogP contribution in [0.2, 0.25) is 0 Å². The summed E-state index contributed by atoms with van der Waals surface area (Å²) in [5, 5.41) is 13.2. The molecule has 21 heavy (non-hydrogen) atoms. The van der Waals surface area contributed by atoms with Crippen molar-refractivity contribution in [2.24, 2.45) is 5.92 Å².